The van der Waals surface area contributed by atoms with Crippen molar-refractivity contribution in [1.82, 2.24) is 19.6 Å². The summed E-state index contributed by atoms with van der Waals surface area (Å²) in [6.07, 6.45) is 0. The van der Waals surface area contributed by atoms with Gasteiger partial charge in [-0.1, -0.05) is 0 Å². The van der Waals surface area contributed by atoms with Gasteiger partial charge >= 0.3 is 6.03 Å². The molecule has 4 amide bonds. The van der Waals surface area contributed by atoms with Crippen molar-refractivity contribution >= 4 is 17.8 Å². The number of nitrogens with zero attached hydrogens (tertiary/aromatic N) is 4. The molecule has 2 saturated heterocycles. The summed E-state index contributed by atoms with van der Waals surface area (Å²) < 4.78 is 26.1. The molecule has 2 aromatic rings. The van der Waals surface area contributed by atoms with Crippen molar-refractivity contribution in [3.8, 4) is 0 Å². The molecule has 2 aliphatic rings. The standard InChI is InChI=1S/C23H24F2N4O3/c24-19-5-1-17(2-6-19)21(30)26-9-13-28(14-10-26)23(32)29-15-11-27(12-16-29)22(31)18-3-7-20(25)8-4-18/h1-8H,9-16H2. The van der Waals surface area contributed by atoms with E-state index in [1.54, 1.807) is 19.6 Å². The predicted octanol–water partition coefficient (Wildman–Crippen LogP) is 2.30. The Kier molecular flexibility index (Phi) is 6.34. The first-order valence-corrected chi connectivity index (χ1v) is 10.6. The van der Waals surface area contributed by atoms with Crippen molar-refractivity contribution in [2.75, 3.05) is 52.4 Å². The van der Waals surface area contributed by atoms with Crippen LogP contribution >= 0.6 is 0 Å². The van der Waals surface area contributed by atoms with E-state index in [4.69, 9.17) is 0 Å². The number of urea groups is 1. The van der Waals surface area contributed by atoms with Gasteiger partial charge in [0.15, 0.2) is 0 Å². The Morgan fingerprint density at radius 3 is 1.09 bits per heavy atom. The van der Waals surface area contributed by atoms with E-state index >= 15 is 0 Å². The highest BCUT2D eigenvalue weighted by Crippen LogP contribution is 2.14. The first kappa shape index (κ1) is 21.7. The van der Waals surface area contributed by atoms with Crippen LogP contribution in [0.3, 0.4) is 0 Å². The molecule has 168 valence electrons. The van der Waals surface area contributed by atoms with Gasteiger partial charge in [0.05, 0.1) is 0 Å². The monoisotopic (exact) mass is 442 g/mol. The second-order valence-electron chi connectivity index (χ2n) is 7.85. The fourth-order valence-corrected chi connectivity index (χ4v) is 3.95. The number of piperazine rings is 2. The summed E-state index contributed by atoms with van der Waals surface area (Å²) in [5, 5.41) is 0. The van der Waals surface area contributed by atoms with E-state index in [2.05, 4.69) is 0 Å². The third-order valence-corrected chi connectivity index (χ3v) is 5.86. The van der Waals surface area contributed by atoms with Gasteiger partial charge in [0.1, 0.15) is 11.6 Å². The summed E-state index contributed by atoms with van der Waals surface area (Å²) in [7, 11) is 0. The minimum Gasteiger partial charge on any atom is -0.335 e. The van der Waals surface area contributed by atoms with Crippen LogP contribution < -0.4 is 0 Å². The average molecular weight is 442 g/mol. The van der Waals surface area contributed by atoms with Gasteiger partial charge in [-0.15, -0.1) is 0 Å². The van der Waals surface area contributed by atoms with E-state index < -0.39 is 11.6 Å². The second-order valence-corrected chi connectivity index (χ2v) is 7.85. The van der Waals surface area contributed by atoms with Gasteiger partial charge in [0.25, 0.3) is 11.8 Å². The van der Waals surface area contributed by atoms with E-state index in [-0.39, 0.29) is 17.8 Å². The SMILES string of the molecule is O=C(c1ccc(F)cc1)N1CCN(C(=O)N2CCN(C(=O)c3ccc(F)cc3)CC2)CC1. The molecular formula is C23H24F2N4O3. The maximum absolute atomic E-state index is 13.1. The summed E-state index contributed by atoms with van der Waals surface area (Å²) in [5.41, 5.74) is 0.848. The minimum absolute atomic E-state index is 0.104. The van der Waals surface area contributed by atoms with Gasteiger partial charge < -0.3 is 19.6 Å². The molecule has 0 atom stereocenters. The topological polar surface area (TPSA) is 64.2 Å². The molecule has 2 heterocycles. The van der Waals surface area contributed by atoms with Crippen molar-refractivity contribution in [2.45, 2.75) is 0 Å². The first-order chi connectivity index (χ1) is 15.4. The van der Waals surface area contributed by atoms with Crippen LogP contribution in [0.1, 0.15) is 20.7 Å². The van der Waals surface area contributed by atoms with Crippen molar-refractivity contribution in [2.24, 2.45) is 0 Å². The molecule has 0 bridgehead atoms. The quantitative estimate of drug-likeness (QED) is 0.717. The lowest BCUT2D eigenvalue weighted by Crippen LogP contribution is -2.58. The Balaban J connectivity index is 1.26. The van der Waals surface area contributed by atoms with Gasteiger partial charge in [-0.2, -0.15) is 0 Å². The van der Waals surface area contributed by atoms with Crippen LogP contribution in [0.25, 0.3) is 0 Å². The number of carbonyl (C=O) groups is 3. The van der Waals surface area contributed by atoms with E-state index in [1.165, 1.54) is 48.5 Å². The van der Waals surface area contributed by atoms with E-state index in [0.29, 0.717) is 63.5 Å². The van der Waals surface area contributed by atoms with Crippen molar-refractivity contribution in [3.05, 3.63) is 71.3 Å². The second kappa shape index (κ2) is 9.33. The molecule has 0 aromatic heterocycles. The number of halogens is 2. The number of amides is 4. The average Bonchev–Trinajstić information content (AvgIpc) is 2.84. The molecule has 4 rings (SSSR count). The normalized spacial score (nSPS) is 16.8. The largest absolute Gasteiger partial charge is 0.335 e. The number of rotatable bonds is 2. The molecule has 0 unspecified atom stereocenters. The molecule has 0 N–H and O–H groups in total. The van der Waals surface area contributed by atoms with Crippen molar-refractivity contribution in [3.63, 3.8) is 0 Å². The van der Waals surface area contributed by atoms with Gasteiger partial charge in [0, 0.05) is 63.5 Å². The van der Waals surface area contributed by atoms with Crippen molar-refractivity contribution < 1.29 is 23.2 Å². The Bertz CT molecular complexity index is 902. The maximum atomic E-state index is 13.1. The zero-order valence-electron chi connectivity index (χ0n) is 17.5. The number of hydrogen-bond acceptors (Lipinski definition) is 3. The summed E-state index contributed by atoms with van der Waals surface area (Å²) in [4.78, 5) is 44.7. The zero-order chi connectivity index (χ0) is 22.7. The van der Waals surface area contributed by atoms with Crippen LogP contribution in [0.4, 0.5) is 13.6 Å². The van der Waals surface area contributed by atoms with Crippen LogP contribution in [0.15, 0.2) is 48.5 Å². The third-order valence-electron chi connectivity index (χ3n) is 5.86. The lowest BCUT2D eigenvalue weighted by molar-refractivity contribution is 0.0568. The summed E-state index contributed by atoms with van der Waals surface area (Å²) in [6, 6.07) is 10.8. The maximum Gasteiger partial charge on any atom is 0.320 e. The van der Waals surface area contributed by atoms with Crippen LogP contribution in [0.2, 0.25) is 0 Å². The van der Waals surface area contributed by atoms with Gasteiger partial charge in [-0.05, 0) is 48.5 Å². The Labute approximate surface area is 184 Å². The molecule has 2 fully saturated rings. The highest BCUT2D eigenvalue weighted by molar-refractivity contribution is 5.95. The number of hydrogen-bond donors (Lipinski definition) is 0. The Hall–Kier alpha value is -3.49. The molecule has 9 heteroatoms. The molecule has 7 nitrogen and oxygen atoms in total. The third kappa shape index (κ3) is 4.71. The van der Waals surface area contributed by atoms with E-state index in [0.717, 1.165) is 0 Å². The van der Waals surface area contributed by atoms with E-state index in [9.17, 15) is 23.2 Å². The Morgan fingerprint density at radius 1 is 0.500 bits per heavy atom. The fraction of sp³-hybridized carbons (Fsp3) is 0.348. The summed E-state index contributed by atoms with van der Waals surface area (Å²) in [5.74, 6) is -1.14. The van der Waals surface area contributed by atoms with Gasteiger partial charge in [-0.3, -0.25) is 9.59 Å². The summed E-state index contributed by atoms with van der Waals surface area (Å²) >= 11 is 0. The zero-order valence-corrected chi connectivity index (χ0v) is 17.5. The molecule has 0 spiro atoms. The minimum atomic E-state index is -0.392. The fourth-order valence-electron chi connectivity index (χ4n) is 3.95. The van der Waals surface area contributed by atoms with Crippen LogP contribution in [-0.4, -0.2) is 89.8 Å². The number of benzene rings is 2. The first-order valence-electron chi connectivity index (χ1n) is 10.6. The molecule has 0 saturated carbocycles. The lowest BCUT2D eigenvalue weighted by atomic mass is 10.1. The molecular weight excluding hydrogens is 418 g/mol. The molecule has 0 aliphatic carbocycles. The predicted molar refractivity (Wildman–Crippen MR) is 113 cm³/mol. The van der Waals surface area contributed by atoms with Crippen molar-refractivity contribution in [1.29, 1.82) is 0 Å². The van der Waals surface area contributed by atoms with Gasteiger partial charge in [0.2, 0.25) is 0 Å². The highest BCUT2D eigenvalue weighted by Gasteiger charge is 2.30. The lowest BCUT2D eigenvalue weighted by Gasteiger charge is -2.40. The Morgan fingerprint density at radius 2 is 0.781 bits per heavy atom. The van der Waals surface area contributed by atoms with E-state index in [1.807, 2.05) is 0 Å². The molecule has 2 aromatic carbocycles. The smallest absolute Gasteiger partial charge is 0.320 e. The van der Waals surface area contributed by atoms with Crippen LogP contribution in [-0.2, 0) is 0 Å². The van der Waals surface area contributed by atoms with Crippen LogP contribution in [0.5, 0.6) is 0 Å². The molecule has 32 heavy (non-hydrogen) atoms. The molecule has 2 aliphatic heterocycles. The van der Waals surface area contributed by atoms with Gasteiger partial charge in [-0.25, -0.2) is 13.6 Å². The highest BCUT2D eigenvalue weighted by atomic mass is 19.1. The summed E-state index contributed by atoms with van der Waals surface area (Å²) in [6.45, 7) is 3.30. The molecule has 0 radical (unpaired) electrons. The van der Waals surface area contributed by atoms with Crippen LogP contribution in [0, 0.1) is 11.6 Å². The number of carbonyl (C=O) groups excluding carboxylic acids is 3.